The van der Waals surface area contributed by atoms with Gasteiger partial charge in [-0.2, -0.15) is 0 Å². The van der Waals surface area contributed by atoms with Gasteiger partial charge in [0, 0.05) is 10.0 Å². The third-order valence-electron chi connectivity index (χ3n) is 4.47. The largest absolute Gasteiger partial charge is 0.456 e. The van der Waals surface area contributed by atoms with E-state index in [1.807, 2.05) is 60.7 Å². The van der Waals surface area contributed by atoms with Crippen molar-refractivity contribution in [2.24, 2.45) is 0 Å². The predicted molar refractivity (Wildman–Crippen MR) is 117 cm³/mol. The lowest BCUT2D eigenvalue weighted by Crippen LogP contribution is -2.35. The normalized spacial score (nSPS) is 10.5. The van der Waals surface area contributed by atoms with E-state index < -0.39 is 11.9 Å². The molecular weight excluding hydrogens is 446 g/mol. The zero-order valence-electron chi connectivity index (χ0n) is 16.1. The maximum atomic E-state index is 12.8. The third-order valence-corrected chi connectivity index (χ3v) is 4.99. The number of carbonyl (C=O) groups is 3. The molecule has 0 radical (unpaired) electrons. The Morgan fingerprint density at radius 3 is 1.87 bits per heavy atom. The average Bonchev–Trinajstić information content (AvgIpc) is 2.78. The van der Waals surface area contributed by atoms with E-state index in [0.29, 0.717) is 5.56 Å². The highest BCUT2D eigenvalue weighted by atomic mass is 79.9. The number of hydrogen-bond acceptors (Lipinski definition) is 4. The van der Waals surface area contributed by atoms with Gasteiger partial charge in [0.15, 0.2) is 12.4 Å². The molecule has 0 fully saturated rings. The Kier molecular flexibility index (Phi) is 7.51. The number of hydrogen-bond donors (Lipinski definition) is 1. The number of amides is 1. The Bertz CT molecular complexity index is 965. The van der Waals surface area contributed by atoms with Gasteiger partial charge in [0.1, 0.15) is 6.54 Å². The number of nitrogens with one attached hydrogen (secondary N) is 1. The van der Waals surface area contributed by atoms with Crippen LogP contribution in [0, 0.1) is 0 Å². The van der Waals surface area contributed by atoms with Crippen LogP contribution in [0.5, 0.6) is 0 Å². The van der Waals surface area contributed by atoms with Crippen LogP contribution in [0.25, 0.3) is 0 Å². The smallest absolute Gasteiger partial charge is 0.325 e. The molecule has 0 aromatic heterocycles. The van der Waals surface area contributed by atoms with E-state index in [4.69, 9.17) is 4.74 Å². The van der Waals surface area contributed by atoms with Crippen molar-refractivity contribution < 1.29 is 19.1 Å². The Hall–Kier alpha value is -3.25. The van der Waals surface area contributed by atoms with E-state index in [0.717, 1.165) is 15.6 Å². The average molecular weight is 466 g/mol. The van der Waals surface area contributed by atoms with E-state index in [1.165, 1.54) is 0 Å². The molecule has 0 saturated heterocycles. The lowest BCUT2D eigenvalue weighted by atomic mass is 9.90. The van der Waals surface area contributed by atoms with Crippen molar-refractivity contribution in [1.29, 1.82) is 0 Å². The van der Waals surface area contributed by atoms with E-state index in [2.05, 4.69) is 21.2 Å². The van der Waals surface area contributed by atoms with Crippen molar-refractivity contribution in [1.82, 2.24) is 5.32 Å². The number of esters is 1. The van der Waals surface area contributed by atoms with Crippen molar-refractivity contribution in [2.45, 2.75) is 5.92 Å². The Labute approximate surface area is 183 Å². The monoisotopic (exact) mass is 465 g/mol. The maximum absolute atomic E-state index is 12.8. The lowest BCUT2D eigenvalue weighted by Gasteiger charge is -2.17. The minimum atomic E-state index is -0.673. The molecule has 0 bridgehead atoms. The van der Waals surface area contributed by atoms with Gasteiger partial charge in [-0.15, -0.1) is 0 Å². The van der Waals surface area contributed by atoms with Crippen LogP contribution < -0.4 is 5.32 Å². The van der Waals surface area contributed by atoms with Gasteiger partial charge >= 0.3 is 5.97 Å². The molecule has 0 aliphatic rings. The van der Waals surface area contributed by atoms with E-state index in [-0.39, 0.29) is 24.8 Å². The molecule has 0 aliphatic heterocycles. The number of carbonyl (C=O) groups excluding carboxylic acids is 3. The molecule has 0 spiro atoms. The summed E-state index contributed by atoms with van der Waals surface area (Å²) in [5, 5.41) is 2.62. The van der Waals surface area contributed by atoms with Crippen molar-refractivity contribution in [3.05, 3.63) is 106 Å². The number of halogens is 1. The van der Waals surface area contributed by atoms with Gasteiger partial charge in [-0.05, 0) is 23.3 Å². The van der Waals surface area contributed by atoms with Crippen molar-refractivity contribution >= 4 is 33.6 Å². The summed E-state index contributed by atoms with van der Waals surface area (Å²) in [7, 11) is 0. The van der Waals surface area contributed by atoms with Crippen LogP contribution in [0.3, 0.4) is 0 Å². The number of Topliss-reactive ketones (excluding diaryl/α,β-unsaturated/α-hetero) is 1. The molecule has 3 rings (SSSR count). The van der Waals surface area contributed by atoms with Crippen LogP contribution in [0.2, 0.25) is 0 Å². The van der Waals surface area contributed by atoms with Gasteiger partial charge in [-0.3, -0.25) is 14.4 Å². The summed E-state index contributed by atoms with van der Waals surface area (Å²) in [6, 6.07) is 25.4. The molecule has 0 aliphatic carbocycles. The Morgan fingerprint density at radius 2 is 1.33 bits per heavy atom. The van der Waals surface area contributed by atoms with Gasteiger partial charge < -0.3 is 10.1 Å². The zero-order chi connectivity index (χ0) is 21.3. The topological polar surface area (TPSA) is 72.5 Å². The predicted octanol–water partition coefficient (Wildman–Crippen LogP) is 4.12. The Morgan fingerprint density at radius 1 is 0.800 bits per heavy atom. The summed E-state index contributed by atoms with van der Waals surface area (Å²) >= 11 is 3.30. The molecule has 0 heterocycles. The van der Waals surface area contributed by atoms with E-state index >= 15 is 0 Å². The molecule has 0 atom stereocenters. The summed E-state index contributed by atoms with van der Waals surface area (Å²) in [6.07, 6.45) is 0. The van der Waals surface area contributed by atoms with Crippen LogP contribution in [0.1, 0.15) is 27.4 Å². The molecule has 152 valence electrons. The Balaban J connectivity index is 1.58. The SMILES string of the molecule is O=C(CNC(=O)C(c1ccccc1)c1ccccc1)OCC(=O)c1ccc(Br)cc1. The molecule has 3 aromatic carbocycles. The zero-order valence-corrected chi connectivity index (χ0v) is 17.7. The second-order valence-electron chi connectivity index (χ2n) is 6.56. The minimum Gasteiger partial charge on any atom is -0.456 e. The van der Waals surface area contributed by atoms with Crippen LogP contribution in [-0.2, 0) is 14.3 Å². The van der Waals surface area contributed by atoms with E-state index in [9.17, 15) is 14.4 Å². The van der Waals surface area contributed by atoms with Gasteiger partial charge in [0.2, 0.25) is 5.91 Å². The third kappa shape index (κ3) is 5.87. The molecule has 30 heavy (non-hydrogen) atoms. The van der Waals surface area contributed by atoms with Crippen molar-refractivity contribution in [3.8, 4) is 0 Å². The number of ether oxygens (including phenoxy) is 1. The minimum absolute atomic E-state index is 0.311. The molecule has 0 unspecified atom stereocenters. The number of ketones is 1. The summed E-state index contributed by atoms with van der Waals surface area (Å²) in [5.74, 6) is -1.85. The molecule has 1 amide bonds. The highest BCUT2D eigenvalue weighted by Gasteiger charge is 2.23. The molecule has 0 saturated carbocycles. The first kappa shape index (κ1) is 21.5. The van der Waals surface area contributed by atoms with Gasteiger partial charge in [0.05, 0.1) is 5.92 Å². The first-order valence-corrected chi connectivity index (χ1v) is 10.2. The molecule has 3 aromatic rings. The molecule has 5 nitrogen and oxygen atoms in total. The van der Waals surface area contributed by atoms with Crippen LogP contribution >= 0.6 is 15.9 Å². The van der Waals surface area contributed by atoms with Crippen molar-refractivity contribution in [3.63, 3.8) is 0 Å². The fraction of sp³-hybridized carbons (Fsp3) is 0.125. The van der Waals surface area contributed by atoms with Crippen LogP contribution in [0.4, 0.5) is 0 Å². The molecule has 1 N–H and O–H groups in total. The van der Waals surface area contributed by atoms with Crippen LogP contribution in [-0.4, -0.2) is 30.8 Å². The van der Waals surface area contributed by atoms with Gasteiger partial charge in [-0.1, -0.05) is 88.7 Å². The molecular formula is C24H20BrNO4. The highest BCUT2D eigenvalue weighted by molar-refractivity contribution is 9.10. The van der Waals surface area contributed by atoms with Crippen molar-refractivity contribution in [2.75, 3.05) is 13.2 Å². The first-order chi connectivity index (χ1) is 14.5. The van der Waals surface area contributed by atoms with Crippen LogP contribution in [0.15, 0.2) is 89.4 Å². The van der Waals surface area contributed by atoms with Gasteiger partial charge in [0.25, 0.3) is 0 Å². The first-order valence-electron chi connectivity index (χ1n) is 9.36. The van der Waals surface area contributed by atoms with E-state index in [1.54, 1.807) is 24.3 Å². The maximum Gasteiger partial charge on any atom is 0.325 e. The summed E-state index contributed by atoms with van der Waals surface area (Å²) in [6.45, 7) is -0.695. The fourth-order valence-electron chi connectivity index (χ4n) is 2.96. The number of benzene rings is 3. The summed E-state index contributed by atoms with van der Waals surface area (Å²) in [4.78, 5) is 37.0. The number of rotatable bonds is 8. The second-order valence-corrected chi connectivity index (χ2v) is 7.48. The summed E-state index contributed by atoms with van der Waals surface area (Å²) in [5.41, 5.74) is 2.09. The fourth-order valence-corrected chi connectivity index (χ4v) is 3.23. The second kappa shape index (κ2) is 10.5. The standard InChI is InChI=1S/C24H20BrNO4/c25-20-13-11-17(12-14-20)21(27)16-30-22(28)15-26-24(29)23(18-7-3-1-4-8-18)19-9-5-2-6-10-19/h1-14,23H,15-16H2,(H,26,29). The highest BCUT2D eigenvalue weighted by Crippen LogP contribution is 2.24. The summed E-state index contributed by atoms with van der Waals surface area (Å²) < 4.78 is 5.87. The quantitative estimate of drug-likeness (QED) is 0.401. The van der Waals surface area contributed by atoms with Gasteiger partial charge in [-0.25, -0.2) is 0 Å². The molecule has 6 heteroatoms. The lowest BCUT2D eigenvalue weighted by molar-refractivity contribution is -0.142.